The molecule has 1 fully saturated rings. The number of nitrogens with zero attached hydrogens (tertiary/aromatic N) is 1. The maximum Gasteiger partial charge on any atom is 0.306 e. The van der Waals surface area contributed by atoms with Crippen molar-refractivity contribution in [1.29, 1.82) is 0 Å². The highest BCUT2D eigenvalue weighted by Gasteiger charge is 2.45. The standard InChI is InChI=1S/C24H31NO3/c1-3-23(27)28-24(21-12-8-5-9-13-21)15-17-25(18-19(24)2)16-14-22(26)20-10-6-4-7-11-20/h4-13,19,22,26H,3,14-18H2,1-2H3. The fraction of sp³-hybridized carbons (Fsp3) is 0.458. The summed E-state index contributed by atoms with van der Waals surface area (Å²) in [6, 6.07) is 19.9. The largest absolute Gasteiger partial charge is 0.454 e. The van der Waals surface area contributed by atoms with Crippen molar-refractivity contribution in [2.75, 3.05) is 19.6 Å². The maximum absolute atomic E-state index is 12.2. The summed E-state index contributed by atoms with van der Waals surface area (Å²) in [5.41, 5.74) is 1.47. The number of hydrogen-bond donors (Lipinski definition) is 1. The highest BCUT2D eigenvalue weighted by Crippen LogP contribution is 2.41. The van der Waals surface area contributed by atoms with Crippen LogP contribution in [0.1, 0.15) is 50.3 Å². The zero-order valence-electron chi connectivity index (χ0n) is 16.9. The van der Waals surface area contributed by atoms with E-state index in [2.05, 4.69) is 24.0 Å². The predicted molar refractivity (Wildman–Crippen MR) is 111 cm³/mol. The van der Waals surface area contributed by atoms with Crippen LogP contribution in [0.4, 0.5) is 0 Å². The summed E-state index contributed by atoms with van der Waals surface area (Å²) in [5.74, 6) is 0.0247. The molecular formula is C24H31NO3. The van der Waals surface area contributed by atoms with Crippen LogP contribution in [-0.4, -0.2) is 35.6 Å². The van der Waals surface area contributed by atoms with Crippen LogP contribution in [-0.2, 0) is 15.1 Å². The van der Waals surface area contributed by atoms with Gasteiger partial charge in [-0.05, 0) is 17.5 Å². The minimum atomic E-state index is -0.567. The molecule has 4 heteroatoms. The third kappa shape index (κ3) is 4.62. The number of rotatable bonds is 7. The number of carbonyl (C=O) groups excluding carboxylic acids is 1. The fourth-order valence-electron chi connectivity index (χ4n) is 4.18. The van der Waals surface area contributed by atoms with E-state index in [9.17, 15) is 9.90 Å². The first kappa shape index (κ1) is 20.6. The maximum atomic E-state index is 12.2. The molecule has 2 aromatic carbocycles. The van der Waals surface area contributed by atoms with Crippen LogP contribution in [0, 0.1) is 5.92 Å². The zero-order chi connectivity index (χ0) is 20.0. The number of carbonyl (C=O) groups is 1. The van der Waals surface area contributed by atoms with Gasteiger partial charge in [-0.3, -0.25) is 4.79 Å². The monoisotopic (exact) mass is 381 g/mol. The predicted octanol–water partition coefficient (Wildman–Crippen LogP) is 4.30. The van der Waals surface area contributed by atoms with Crippen molar-refractivity contribution in [2.45, 2.75) is 44.8 Å². The van der Waals surface area contributed by atoms with Crippen molar-refractivity contribution >= 4 is 5.97 Å². The second kappa shape index (κ2) is 9.35. The Hall–Kier alpha value is -2.17. The normalized spacial score (nSPS) is 23.9. The van der Waals surface area contributed by atoms with Gasteiger partial charge in [0.25, 0.3) is 0 Å². The first-order valence-corrected chi connectivity index (χ1v) is 10.3. The van der Waals surface area contributed by atoms with E-state index in [0.29, 0.717) is 12.8 Å². The van der Waals surface area contributed by atoms with E-state index >= 15 is 0 Å². The molecule has 0 bridgehead atoms. The van der Waals surface area contributed by atoms with Gasteiger partial charge >= 0.3 is 5.97 Å². The molecule has 28 heavy (non-hydrogen) atoms. The van der Waals surface area contributed by atoms with Gasteiger partial charge in [0.1, 0.15) is 5.60 Å². The van der Waals surface area contributed by atoms with E-state index in [-0.39, 0.29) is 11.9 Å². The van der Waals surface area contributed by atoms with Crippen molar-refractivity contribution in [1.82, 2.24) is 4.90 Å². The van der Waals surface area contributed by atoms with Crippen molar-refractivity contribution < 1.29 is 14.6 Å². The Kier molecular flexibility index (Phi) is 6.87. The van der Waals surface area contributed by atoms with Crippen LogP contribution in [0.2, 0.25) is 0 Å². The van der Waals surface area contributed by atoms with Crippen LogP contribution in [0.15, 0.2) is 60.7 Å². The number of piperidine rings is 1. The smallest absolute Gasteiger partial charge is 0.306 e. The molecule has 0 radical (unpaired) electrons. The van der Waals surface area contributed by atoms with Crippen molar-refractivity contribution in [3.63, 3.8) is 0 Å². The zero-order valence-corrected chi connectivity index (χ0v) is 16.9. The number of likely N-dealkylation sites (tertiary alicyclic amines) is 1. The molecule has 3 unspecified atom stereocenters. The minimum absolute atomic E-state index is 0.149. The van der Waals surface area contributed by atoms with Gasteiger partial charge in [0.2, 0.25) is 0 Å². The molecule has 1 N–H and O–H groups in total. The third-order valence-electron chi connectivity index (χ3n) is 5.88. The molecule has 1 heterocycles. The molecule has 0 aromatic heterocycles. The Labute approximate surface area is 168 Å². The Bertz CT molecular complexity index is 749. The second-order valence-electron chi connectivity index (χ2n) is 7.75. The molecule has 0 aliphatic carbocycles. The van der Waals surface area contributed by atoms with E-state index in [0.717, 1.165) is 37.2 Å². The van der Waals surface area contributed by atoms with E-state index in [4.69, 9.17) is 4.74 Å². The van der Waals surface area contributed by atoms with Gasteiger partial charge < -0.3 is 14.7 Å². The molecule has 150 valence electrons. The molecule has 4 nitrogen and oxygen atoms in total. The Morgan fingerprint density at radius 3 is 2.43 bits per heavy atom. The van der Waals surface area contributed by atoms with E-state index in [1.54, 1.807) is 0 Å². The highest BCUT2D eigenvalue weighted by atomic mass is 16.6. The van der Waals surface area contributed by atoms with Gasteiger partial charge in [-0.1, -0.05) is 74.5 Å². The van der Waals surface area contributed by atoms with Gasteiger partial charge in [-0.25, -0.2) is 0 Å². The third-order valence-corrected chi connectivity index (χ3v) is 5.88. The summed E-state index contributed by atoms with van der Waals surface area (Å²) < 4.78 is 6.05. The Morgan fingerprint density at radius 2 is 1.82 bits per heavy atom. The molecule has 1 aliphatic heterocycles. The van der Waals surface area contributed by atoms with Crippen molar-refractivity contribution in [3.8, 4) is 0 Å². The number of benzene rings is 2. The minimum Gasteiger partial charge on any atom is -0.454 e. The molecule has 0 spiro atoms. The van der Waals surface area contributed by atoms with Gasteiger partial charge in [0.15, 0.2) is 0 Å². The molecular weight excluding hydrogens is 350 g/mol. The van der Waals surface area contributed by atoms with Gasteiger partial charge in [0, 0.05) is 38.4 Å². The Balaban J connectivity index is 1.67. The number of hydrogen-bond acceptors (Lipinski definition) is 4. The summed E-state index contributed by atoms with van der Waals surface area (Å²) in [7, 11) is 0. The van der Waals surface area contributed by atoms with Gasteiger partial charge in [-0.2, -0.15) is 0 Å². The topological polar surface area (TPSA) is 49.8 Å². The second-order valence-corrected chi connectivity index (χ2v) is 7.75. The average molecular weight is 382 g/mol. The van der Waals surface area contributed by atoms with Crippen LogP contribution in [0.3, 0.4) is 0 Å². The average Bonchev–Trinajstić information content (AvgIpc) is 2.75. The molecule has 3 rings (SSSR count). The summed E-state index contributed by atoms with van der Waals surface area (Å²) in [6.07, 6.45) is 1.40. The Morgan fingerprint density at radius 1 is 1.18 bits per heavy atom. The fourth-order valence-corrected chi connectivity index (χ4v) is 4.18. The molecule has 1 saturated heterocycles. The first-order valence-electron chi connectivity index (χ1n) is 10.3. The summed E-state index contributed by atoms with van der Waals surface area (Å²) in [4.78, 5) is 14.6. The lowest BCUT2D eigenvalue weighted by molar-refractivity contribution is -0.175. The van der Waals surface area contributed by atoms with Gasteiger partial charge in [-0.15, -0.1) is 0 Å². The summed E-state index contributed by atoms with van der Waals surface area (Å²) in [6.45, 7) is 6.51. The van der Waals surface area contributed by atoms with Crippen LogP contribution in [0.25, 0.3) is 0 Å². The van der Waals surface area contributed by atoms with E-state index in [1.807, 2.05) is 55.5 Å². The first-order chi connectivity index (χ1) is 13.5. The number of ether oxygens (including phenoxy) is 1. The molecule has 0 amide bonds. The molecule has 3 atom stereocenters. The van der Waals surface area contributed by atoms with Crippen molar-refractivity contribution in [3.05, 3.63) is 71.8 Å². The number of aliphatic hydroxyl groups is 1. The lowest BCUT2D eigenvalue weighted by Gasteiger charge is -2.46. The molecule has 2 aromatic rings. The quantitative estimate of drug-likeness (QED) is 0.727. The van der Waals surface area contributed by atoms with Crippen LogP contribution >= 0.6 is 0 Å². The summed E-state index contributed by atoms with van der Waals surface area (Å²) in [5, 5.41) is 10.5. The highest BCUT2D eigenvalue weighted by molar-refractivity contribution is 5.69. The lowest BCUT2D eigenvalue weighted by atomic mass is 9.76. The molecule has 0 saturated carbocycles. The number of esters is 1. The SMILES string of the molecule is CCC(=O)OC1(c2ccccc2)CCN(CCC(O)c2ccccc2)CC1C. The lowest BCUT2D eigenvalue weighted by Crippen LogP contribution is -2.51. The van der Waals surface area contributed by atoms with E-state index in [1.165, 1.54) is 0 Å². The van der Waals surface area contributed by atoms with E-state index < -0.39 is 11.7 Å². The molecule has 1 aliphatic rings. The van der Waals surface area contributed by atoms with Crippen LogP contribution in [0.5, 0.6) is 0 Å². The summed E-state index contributed by atoms with van der Waals surface area (Å²) >= 11 is 0. The van der Waals surface area contributed by atoms with Crippen LogP contribution < -0.4 is 0 Å². The van der Waals surface area contributed by atoms with Gasteiger partial charge in [0.05, 0.1) is 6.10 Å². The van der Waals surface area contributed by atoms with Crippen molar-refractivity contribution in [2.24, 2.45) is 5.92 Å². The number of aliphatic hydroxyl groups excluding tert-OH is 1.